The van der Waals surface area contributed by atoms with Gasteiger partial charge in [-0.25, -0.2) is 4.79 Å². The zero-order valence-corrected chi connectivity index (χ0v) is 15.3. The molecule has 2 amide bonds. The molecular weight excluding hydrogens is 372 g/mol. The molecule has 2 aromatic rings. The summed E-state index contributed by atoms with van der Waals surface area (Å²) in [6.45, 7) is 5.40. The Balaban J connectivity index is 1.98. The second-order valence-corrected chi connectivity index (χ2v) is 6.99. The predicted octanol–water partition coefficient (Wildman–Crippen LogP) is 5.05. The van der Waals surface area contributed by atoms with E-state index < -0.39 is 11.7 Å². The lowest BCUT2D eigenvalue weighted by Gasteiger charge is -2.19. The molecule has 0 aromatic heterocycles. The highest BCUT2D eigenvalue weighted by molar-refractivity contribution is 9.10. The molecule has 0 saturated carbocycles. The molecule has 0 aliphatic heterocycles. The standard InChI is InChI=1S/C18H19BrN2O3/c1-18(2,3)24-17(23)21-13-10-8-12(9-11-13)20-16(22)14-6-4-5-7-15(14)19/h4-11H,1-3H3,(H,20,22)(H,21,23). The Bertz CT molecular complexity index is 737. The number of hydrogen-bond acceptors (Lipinski definition) is 3. The van der Waals surface area contributed by atoms with Gasteiger partial charge in [0.05, 0.1) is 5.56 Å². The van der Waals surface area contributed by atoms with Gasteiger partial charge in [-0.05, 0) is 73.1 Å². The Morgan fingerprint density at radius 2 is 1.46 bits per heavy atom. The molecule has 24 heavy (non-hydrogen) atoms. The Labute approximate surface area is 149 Å². The number of carbonyl (C=O) groups is 2. The molecule has 2 rings (SSSR count). The van der Waals surface area contributed by atoms with Gasteiger partial charge < -0.3 is 10.1 Å². The first-order valence-electron chi connectivity index (χ1n) is 7.40. The molecule has 0 unspecified atom stereocenters. The lowest BCUT2D eigenvalue weighted by atomic mass is 10.2. The van der Waals surface area contributed by atoms with Gasteiger partial charge in [0.15, 0.2) is 0 Å². The van der Waals surface area contributed by atoms with E-state index in [-0.39, 0.29) is 5.91 Å². The number of anilines is 2. The maximum absolute atomic E-state index is 12.2. The van der Waals surface area contributed by atoms with Crippen molar-refractivity contribution >= 4 is 39.3 Å². The SMILES string of the molecule is CC(C)(C)OC(=O)Nc1ccc(NC(=O)c2ccccc2Br)cc1. The molecule has 0 saturated heterocycles. The normalized spacial score (nSPS) is 10.8. The van der Waals surface area contributed by atoms with Gasteiger partial charge in [0.2, 0.25) is 0 Å². The smallest absolute Gasteiger partial charge is 0.412 e. The van der Waals surface area contributed by atoms with Crippen molar-refractivity contribution < 1.29 is 14.3 Å². The van der Waals surface area contributed by atoms with Crippen molar-refractivity contribution in [1.29, 1.82) is 0 Å². The van der Waals surface area contributed by atoms with E-state index in [1.54, 1.807) is 57.2 Å². The van der Waals surface area contributed by atoms with Crippen molar-refractivity contribution in [3.63, 3.8) is 0 Å². The van der Waals surface area contributed by atoms with Crippen LogP contribution >= 0.6 is 15.9 Å². The topological polar surface area (TPSA) is 67.4 Å². The van der Waals surface area contributed by atoms with Crippen molar-refractivity contribution in [2.45, 2.75) is 26.4 Å². The molecule has 0 spiro atoms. The zero-order valence-electron chi connectivity index (χ0n) is 13.7. The van der Waals surface area contributed by atoms with E-state index in [1.165, 1.54) is 0 Å². The molecule has 2 aromatic carbocycles. The minimum absolute atomic E-state index is 0.213. The van der Waals surface area contributed by atoms with E-state index in [9.17, 15) is 9.59 Å². The average molecular weight is 391 g/mol. The molecule has 0 radical (unpaired) electrons. The largest absolute Gasteiger partial charge is 0.444 e. The van der Waals surface area contributed by atoms with Crippen LogP contribution in [0.1, 0.15) is 31.1 Å². The van der Waals surface area contributed by atoms with Crippen molar-refractivity contribution in [3.8, 4) is 0 Å². The summed E-state index contributed by atoms with van der Waals surface area (Å²) in [5.41, 5.74) is 1.21. The van der Waals surface area contributed by atoms with Crippen molar-refractivity contribution in [3.05, 3.63) is 58.6 Å². The lowest BCUT2D eigenvalue weighted by Crippen LogP contribution is -2.27. The van der Waals surface area contributed by atoms with Crippen LogP contribution in [-0.2, 0) is 4.74 Å². The Morgan fingerprint density at radius 3 is 2.00 bits per heavy atom. The third kappa shape index (κ3) is 5.38. The third-order valence-electron chi connectivity index (χ3n) is 2.91. The second kappa shape index (κ2) is 7.49. The highest BCUT2D eigenvalue weighted by Gasteiger charge is 2.16. The number of hydrogen-bond donors (Lipinski definition) is 2. The highest BCUT2D eigenvalue weighted by atomic mass is 79.9. The van der Waals surface area contributed by atoms with Gasteiger partial charge in [-0.2, -0.15) is 0 Å². The molecule has 2 N–H and O–H groups in total. The molecule has 0 bridgehead atoms. The quantitative estimate of drug-likeness (QED) is 0.770. The summed E-state index contributed by atoms with van der Waals surface area (Å²) in [6.07, 6.45) is -0.521. The van der Waals surface area contributed by atoms with Crippen LogP contribution in [-0.4, -0.2) is 17.6 Å². The zero-order chi connectivity index (χ0) is 17.7. The van der Waals surface area contributed by atoms with Crippen LogP contribution in [0.3, 0.4) is 0 Å². The molecule has 0 heterocycles. The summed E-state index contributed by atoms with van der Waals surface area (Å²) in [5.74, 6) is -0.213. The molecular formula is C18H19BrN2O3. The summed E-state index contributed by atoms with van der Waals surface area (Å²) in [4.78, 5) is 23.9. The first kappa shape index (κ1) is 18.0. The summed E-state index contributed by atoms with van der Waals surface area (Å²) < 4.78 is 5.91. The molecule has 6 heteroatoms. The summed E-state index contributed by atoms with van der Waals surface area (Å²) >= 11 is 3.35. The van der Waals surface area contributed by atoms with E-state index in [4.69, 9.17) is 4.74 Å². The van der Waals surface area contributed by atoms with E-state index in [0.29, 0.717) is 16.9 Å². The summed E-state index contributed by atoms with van der Waals surface area (Å²) in [6, 6.07) is 14.0. The van der Waals surface area contributed by atoms with E-state index >= 15 is 0 Å². The number of amides is 2. The summed E-state index contributed by atoms with van der Waals surface area (Å²) in [7, 11) is 0. The van der Waals surface area contributed by atoms with E-state index in [0.717, 1.165) is 4.47 Å². The van der Waals surface area contributed by atoms with Gasteiger partial charge >= 0.3 is 6.09 Å². The average Bonchev–Trinajstić information content (AvgIpc) is 2.47. The van der Waals surface area contributed by atoms with E-state index in [1.807, 2.05) is 12.1 Å². The van der Waals surface area contributed by atoms with Gasteiger partial charge in [0.25, 0.3) is 5.91 Å². The van der Waals surface area contributed by atoms with Crippen LogP contribution in [0.25, 0.3) is 0 Å². The first-order chi connectivity index (χ1) is 11.2. The second-order valence-electron chi connectivity index (χ2n) is 6.14. The van der Waals surface area contributed by atoms with Crippen LogP contribution in [0, 0.1) is 0 Å². The van der Waals surface area contributed by atoms with Gasteiger partial charge in [-0.1, -0.05) is 12.1 Å². The summed E-state index contributed by atoms with van der Waals surface area (Å²) in [5, 5.41) is 5.44. The molecule has 5 nitrogen and oxygen atoms in total. The van der Waals surface area contributed by atoms with Crippen LogP contribution < -0.4 is 10.6 Å². The lowest BCUT2D eigenvalue weighted by molar-refractivity contribution is 0.0635. The maximum atomic E-state index is 12.2. The highest BCUT2D eigenvalue weighted by Crippen LogP contribution is 2.19. The minimum atomic E-state index is -0.554. The number of carbonyl (C=O) groups excluding carboxylic acids is 2. The van der Waals surface area contributed by atoms with Gasteiger partial charge in [0, 0.05) is 15.8 Å². The van der Waals surface area contributed by atoms with Gasteiger partial charge in [-0.15, -0.1) is 0 Å². The van der Waals surface area contributed by atoms with Crippen LogP contribution in [0.4, 0.5) is 16.2 Å². The Hall–Kier alpha value is -2.34. The first-order valence-corrected chi connectivity index (χ1v) is 8.20. The van der Waals surface area contributed by atoms with Crippen LogP contribution in [0.15, 0.2) is 53.0 Å². The van der Waals surface area contributed by atoms with Crippen molar-refractivity contribution in [1.82, 2.24) is 0 Å². The van der Waals surface area contributed by atoms with Gasteiger partial charge in [0.1, 0.15) is 5.60 Å². The van der Waals surface area contributed by atoms with Crippen LogP contribution in [0.2, 0.25) is 0 Å². The number of rotatable bonds is 3. The fourth-order valence-electron chi connectivity index (χ4n) is 1.90. The van der Waals surface area contributed by atoms with E-state index in [2.05, 4.69) is 26.6 Å². The molecule has 0 fully saturated rings. The van der Waals surface area contributed by atoms with Crippen molar-refractivity contribution in [2.75, 3.05) is 10.6 Å². The maximum Gasteiger partial charge on any atom is 0.412 e. The van der Waals surface area contributed by atoms with Crippen LogP contribution in [0.5, 0.6) is 0 Å². The molecule has 126 valence electrons. The fourth-order valence-corrected chi connectivity index (χ4v) is 2.37. The monoisotopic (exact) mass is 390 g/mol. The Morgan fingerprint density at radius 1 is 0.917 bits per heavy atom. The minimum Gasteiger partial charge on any atom is -0.444 e. The number of ether oxygens (including phenoxy) is 1. The third-order valence-corrected chi connectivity index (χ3v) is 3.60. The number of nitrogens with one attached hydrogen (secondary N) is 2. The number of halogens is 1. The molecule has 0 atom stereocenters. The van der Waals surface area contributed by atoms with Crippen molar-refractivity contribution in [2.24, 2.45) is 0 Å². The predicted molar refractivity (Wildman–Crippen MR) is 98.4 cm³/mol. The fraction of sp³-hybridized carbons (Fsp3) is 0.222. The number of benzene rings is 2. The molecule has 0 aliphatic rings. The van der Waals surface area contributed by atoms with Gasteiger partial charge in [-0.3, -0.25) is 10.1 Å². The Kier molecular flexibility index (Phi) is 5.62. The molecule has 0 aliphatic carbocycles.